The maximum absolute atomic E-state index is 12.0. The van der Waals surface area contributed by atoms with Crippen LogP contribution in [0.15, 0.2) is 65.3 Å². The molecule has 0 radical (unpaired) electrons. The Bertz CT molecular complexity index is 941. The summed E-state index contributed by atoms with van der Waals surface area (Å²) in [6.07, 6.45) is 1.42. The highest BCUT2D eigenvalue weighted by Gasteiger charge is 2.10. The van der Waals surface area contributed by atoms with Gasteiger partial charge in [0.05, 0.1) is 11.3 Å². The van der Waals surface area contributed by atoms with Crippen LogP contribution >= 0.6 is 23.2 Å². The van der Waals surface area contributed by atoms with Gasteiger partial charge in [-0.2, -0.15) is 0 Å². The highest BCUT2D eigenvalue weighted by molar-refractivity contribution is 6.34. The zero-order valence-corrected chi connectivity index (χ0v) is 15.4. The van der Waals surface area contributed by atoms with E-state index >= 15 is 0 Å². The van der Waals surface area contributed by atoms with E-state index in [1.54, 1.807) is 48.5 Å². The zero-order valence-electron chi connectivity index (χ0n) is 13.9. The smallest absolute Gasteiger partial charge is 0.291 e. The third-order valence-corrected chi connectivity index (χ3v) is 3.97. The molecule has 0 aliphatic carbocycles. The van der Waals surface area contributed by atoms with Crippen LogP contribution in [0.1, 0.15) is 10.6 Å². The molecule has 2 amide bonds. The summed E-state index contributed by atoms with van der Waals surface area (Å²) in [5.41, 5.74) is 1.12. The first kappa shape index (κ1) is 18.8. The standard InChI is InChI=1S/C19H14Cl2N2O4/c20-12-3-8-15(21)17(10-12)27-11-18(24)22-13-4-6-14(7-5-13)23-19(25)16-2-1-9-26-16/h1-10H,11H2,(H,22,24)(H,23,25). The zero-order chi connectivity index (χ0) is 19.2. The van der Waals surface area contributed by atoms with Crippen molar-refractivity contribution in [1.29, 1.82) is 0 Å². The van der Waals surface area contributed by atoms with Crippen LogP contribution in [0.25, 0.3) is 0 Å². The van der Waals surface area contributed by atoms with Crippen molar-refractivity contribution >= 4 is 46.4 Å². The predicted molar refractivity (Wildman–Crippen MR) is 104 cm³/mol. The van der Waals surface area contributed by atoms with Crippen molar-refractivity contribution in [3.8, 4) is 5.75 Å². The Balaban J connectivity index is 1.52. The number of amides is 2. The summed E-state index contributed by atoms with van der Waals surface area (Å²) in [6, 6.07) is 14.6. The number of carbonyl (C=O) groups is 2. The molecular weight excluding hydrogens is 391 g/mol. The Morgan fingerprint density at radius 1 is 0.963 bits per heavy atom. The maximum atomic E-state index is 12.0. The molecule has 138 valence electrons. The van der Waals surface area contributed by atoms with Gasteiger partial charge in [0, 0.05) is 22.5 Å². The molecule has 1 aromatic heterocycles. The van der Waals surface area contributed by atoms with E-state index < -0.39 is 0 Å². The lowest BCUT2D eigenvalue weighted by atomic mass is 10.2. The minimum Gasteiger partial charge on any atom is -0.482 e. The fourth-order valence-corrected chi connectivity index (χ4v) is 2.50. The van der Waals surface area contributed by atoms with Crippen LogP contribution in [0.5, 0.6) is 5.75 Å². The minimum absolute atomic E-state index is 0.212. The van der Waals surface area contributed by atoms with Crippen molar-refractivity contribution in [3.05, 3.63) is 76.7 Å². The molecule has 0 atom stereocenters. The molecule has 0 fully saturated rings. The molecule has 0 saturated heterocycles. The SMILES string of the molecule is O=C(COc1cc(Cl)ccc1Cl)Nc1ccc(NC(=O)c2ccco2)cc1. The number of halogens is 2. The minimum atomic E-state index is -0.363. The molecule has 0 saturated carbocycles. The molecule has 0 aliphatic heterocycles. The van der Waals surface area contributed by atoms with Gasteiger partial charge >= 0.3 is 0 Å². The van der Waals surface area contributed by atoms with Gasteiger partial charge in [0.1, 0.15) is 5.75 Å². The van der Waals surface area contributed by atoms with Gasteiger partial charge < -0.3 is 19.8 Å². The number of ether oxygens (including phenoxy) is 1. The van der Waals surface area contributed by atoms with Crippen LogP contribution in [0.4, 0.5) is 11.4 Å². The van der Waals surface area contributed by atoms with Crippen molar-refractivity contribution in [2.24, 2.45) is 0 Å². The van der Waals surface area contributed by atoms with E-state index in [0.29, 0.717) is 27.2 Å². The van der Waals surface area contributed by atoms with E-state index in [4.69, 9.17) is 32.4 Å². The number of hydrogen-bond acceptors (Lipinski definition) is 4. The van der Waals surface area contributed by atoms with Gasteiger partial charge in [-0.05, 0) is 48.5 Å². The monoisotopic (exact) mass is 404 g/mol. The average Bonchev–Trinajstić information content (AvgIpc) is 3.19. The number of anilines is 2. The molecule has 2 aromatic carbocycles. The summed E-state index contributed by atoms with van der Waals surface area (Å²) in [4.78, 5) is 23.9. The summed E-state index contributed by atoms with van der Waals surface area (Å²) in [5.74, 6) is -0.179. The van der Waals surface area contributed by atoms with Crippen molar-refractivity contribution in [2.45, 2.75) is 0 Å². The number of carbonyl (C=O) groups excluding carboxylic acids is 2. The lowest BCUT2D eigenvalue weighted by molar-refractivity contribution is -0.118. The second kappa shape index (κ2) is 8.62. The summed E-state index contributed by atoms with van der Waals surface area (Å²) in [7, 11) is 0. The van der Waals surface area contributed by atoms with E-state index in [1.165, 1.54) is 12.3 Å². The van der Waals surface area contributed by atoms with Crippen LogP contribution in [0.3, 0.4) is 0 Å². The van der Waals surface area contributed by atoms with Crippen LogP contribution in [0, 0.1) is 0 Å². The summed E-state index contributed by atoms with van der Waals surface area (Å²) >= 11 is 11.8. The largest absolute Gasteiger partial charge is 0.482 e. The van der Waals surface area contributed by atoms with Gasteiger partial charge in [0.15, 0.2) is 12.4 Å². The number of nitrogens with one attached hydrogen (secondary N) is 2. The van der Waals surface area contributed by atoms with Crippen LogP contribution < -0.4 is 15.4 Å². The molecule has 0 spiro atoms. The Morgan fingerprint density at radius 3 is 2.33 bits per heavy atom. The number of hydrogen-bond donors (Lipinski definition) is 2. The summed E-state index contributed by atoms with van der Waals surface area (Å²) in [6.45, 7) is -0.225. The Morgan fingerprint density at radius 2 is 1.67 bits per heavy atom. The van der Waals surface area contributed by atoms with Crippen molar-refractivity contribution < 1.29 is 18.7 Å². The quantitative estimate of drug-likeness (QED) is 0.614. The van der Waals surface area contributed by atoms with Crippen molar-refractivity contribution in [3.63, 3.8) is 0 Å². The molecule has 0 bridgehead atoms. The van der Waals surface area contributed by atoms with Gasteiger partial charge in [-0.3, -0.25) is 9.59 Å². The Kier molecular flexibility index (Phi) is 6.01. The Labute approximate surface area is 165 Å². The maximum Gasteiger partial charge on any atom is 0.291 e. The number of benzene rings is 2. The van der Waals surface area contributed by atoms with Crippen molar-refractivity contribution in [1.82, 2.24) is 0 Å². The van der Waals surface area contributed by atoms with E-state index in [1.807, 2.05) is 0 Å². The topological polar surface area (TPSA) is 80.6 Å². The molecule has 0 aliphatic rings. The third-order valence-electron chi connectivity index (χ3n) is 3.42. The molecule has 27 heavy (non-hydrogen) atoms. The second-order valence-electron chi connectivity index (χ2n) is 5.42. The molecule has 1 heterocycles. The predicted octanol–water partition coefficient (Wildman–Crippen LogP) is 4.86. The average molecular weight is 405 g/mol. The molecule has 3 aromatic rings. The van der Waals surface area contributed by atoms with Crippen LogP contribution in [0.2, 0.25) is 10.0 Å². The second-order valence-corrected chi connectivity index (χ2v) is 6.26. The van der Waals surface area contributed by atoms with Crippen LogP contribution in [-0.2, 0) is 4.79 Å². The molecule has 2 N–H and O–H groups in total. The van der Waals surface area contributed by atoms with E-state index in [9.17, 15) is 9.59 Å². The lowest BCUT2D eigenvalue weighted by Gasteiger charge is -2.10. The first-order valence-electron chi connectivity index (χ1n) is 7.84. The lowest BCUT2D eigenvalue weighted by Crippen LogP contribution is -2.20. The van der Waals surface area contributed by atoms with Crippen LogP contribution in [-0.4, -0.2) is 18.4 Å². The molecule has 3 rings (SSSR count). The van der Waals surface area contributed by atoms with Gasteiger partial charge in [-0.25, -0.2) is 0 Å². The van der Waals surface area contributed by atoms with E-state index in [2.05, 4.69) is 10.6 Å². The highest BCUT2D eigenvalue weighted by atomic mass is 35.5. The summed E-state index contributed by atoms with van der Waals surface area (Å²) in [5, 5.41) is 6.19. The first-order chi connectivity index (χ1) is 13.0. The van der Waals surface area contributed by atoms with Gasteiger partial charge in [-0.1, -0.05) is 23.2 Å². The summed E-state index contributed by atoms with van der Waals surface area (Å²) < 4.78 is 10.4. The number of furan rings is 1. The Hall–Kier alpha value is -2.96. The fraction of sp³-hybridized carbons (Fsp3) is 0.0526. The third kappa shape index (κ3) is 5.26. The molecule has 0 unspecified atom stereocenters. The van der Waals surface area contributed by atoms with E-state index in [0.717, 1.165) is 0 Å². The highest BCUT2D eigenvalue weighted by Crippen LogP contribution is 2.27. The fourth-order valence-electron chi connectivity index (χ4n) is 2.17. The van der Waals surface area contributed by atoms with Gasteiger partial charge in [0.2, 0.25) is 0 Å². The number of rotatable bonds is 6. The molecule has 8 heteroatoms. The first-order valence-corrected chi connectivity index (χ1v) is 8.59. The van der Waals surface area contributed by atoms with Gasteiger partial charge in [-0.15, -0.1) is 0 Å². The van der Waals surface area contributed by atoms with Gasteiger partial charge in [0.25, 0.3) is 11.8 Å². The molecular formula is C19H14Cl2N2O4. The molecule has 6 nitrogen and oxygen atoms in total. The van der Waals surface area contributed by atoms with E-state index in [-0.39, 0.29) is 24.2 Å². The normalized spacial score (nSPS) is 10.3. The van der Waals surface area contributed by atoms with Crippen molar-refractivity contribution in [2.75, 3.05) is 17.2 Å².